The molecule has 0 bridgehead atoms. The summed E-state index contributed by atoms with van der Waals surface area (Å²) in [6.07, 6.45) is 13.7. The molecule has 1 heteroatoms. The number of rotatable bonds is 10. The van der Waals surface area contributed by atoms with E-state index >= 15 is 0 Å². The summed E-state index contributed by atoms with van der Waals surface area (Å²) in [6, 6.07) is 0. The standard InChI is InChI=1S/C9H17.C4H9.Sn/c1-3-5-7-9-8-6-4-2;1-3-4-2;/h1,3H,4-9H2,2H3;1,3-4H2,2H3;. The van der Waals surface area contributed by atoms with Gasteiger partial charge < -0.3 is 0 Å². The first-order chi connectivity index (χ1) is 6.91. The molecule has 0 spiro atoms. The van der Waals surface area contributed by atoms with Crippen LogP contribution in [0.4, 0.5) is 0 Å². The van der Waals surface area contributed by atoms with Crippen LogP contribution >= 0.6 is 0 Å². The molecule has 2 radical (unpaired) electrons. The summed E-state index contributed by atoms with van der Waals surface area (Å²) in [6.45, 7) is 4.57. The van der Waals surface area contributed by atoms with Gasteiger partial charge in [0.25, 0.3) is 0 Å². The van der Waals surface area contributed by atoms with Crippen LogP contribution in [0.5, 0.6) is 0 Å². The zero-order chi connectivity index (χ0) is 10.5. The molecular weight excluding hydrogens is 275 g/mol. The first kappa shape index (κ1) is 14.5. The van der Waals surface area contributed by atoms with Crippen LogP contribution in [0.2, 0.25) is 4.44 Å². The van der Waals surface area contributed by atoms with E-state index in [4.69, 9.17) is 0 Å². The van der Waals surface area contributed by atoms with Crippen LogP contribution in [-0.2, 0) is 0 Å². The molecule has 0 saturated heterocycles. The van der Waals surface area contributed by atoms with Crippen molar-refractivity contribution in [3.05, 3.63) is 10.2 Å². The quantitative estimate of drug-likeness (QED) is 0.402. The Labute approximate surface area is 101 Å². The maximum atomic E-state index is 2.54. The van der Waals surface area contributed by atoms with Gasteiger partial charge in [-0.05, 0) is 0 Å². The van der Waals surface area contributed by atoms with Gasteiger partial charge in [0.2, 0.25) is 0 Å². The van der Waals surface area contributed by atoms with Crippen molar-refractivity contribution < 1.29 is 0 Å². The second kappa shape index (κ2) is 13.5. The molecule has 0 fully saturated rings. The minimum atomic E-state index is -0.0747. The zero-order valence-electron chi connectivity index (χ0n) is 10.0. The van der Waals surface area contributed by atoms with Crippen molar-refractivity contribution in [1.82, 2.24) is 0 Å². The fraction of sp³-hybridized carbons (Fsp3) is 0.846. The van der Waals surface area contributed by atoms with Crippen LogP contribution < -0.4 is 0 Å². The van der Waals surface area contributed by atoms with Crippen molar-refractivity contribution >= 4 is 21.1 Å². The molecule has 0 aliphatic carbocycles. The first-order valence-corrected chi connectivity index (χ1v) is 9.96. The third-order valence-electron chi connectivity index (χ3n) is 2.38. The molecule has 0 aliphatic rings. The topological polar surface area (TPSA) is 0 Å². The van der Waals surface area contributed by atoms with Gasteiger partial charge in [0.05, 0.1) is 0 Å². The second-order valence-corrected chi connectivity index (χ2v) is 7.46. The van der Waals surface area contributed by atoms with Crippen LogP contribution in [0.15, 0.2) is 10.2 Å². The van der Waals surface area contributed by atoms with Gasteiger partial charge in [-0.1, -0.05) is 0 Å². The van der Waals surface area contributed by atoms with Crippen molar-refractivity contribution in [2.75, 3.05) is 0 Å². The van der Waals surface area contributed by atoms with Crippen molar-refractivity contribution in [2.45, 2.75) is 69.7 Å². The van der Waals surface area contributed by atoms with E-state index in [0.29, 0.717) is 0 Å². The van der Waals surface area contributed by atoms with Crippen molar-refractivity contribution in [3.8, 4) is 0 Å². The molecule has 0 unspecified atom stereocenters. The summed E-state index contributed by atoms with van der Waals surface area (Å²) >= 11 is -0.0747. The fourth-order valence-corrected chi connectivity index (χ4v) is 4.41. The fourth-order valence-electron chi connectivity index (χ4n) is 1.39. The average Bonchev–Trinajstić information content (AvgIpc) is 2.21. The van der Waals surface area contributed by atoms with Gasteiger partial charge in [0, 0.05) is 0 Å². The maximum absolute atomic E-state index is 2.54. The zero-order valence-corrected chi connectivity index (χ0v) is 12.9. The molecule has 14 heavy (non-hydrogen) atoms. The van der Waals surface area contributed by atoms with E-state index in [1.807, 2.05) is 0 Å². The Morgan fingerprint density at radius 3 is 2.29 bits per heavy atom. The molecule has 0 aromatic carbocycles. The van der Waals surface area contributed by atoms with Gasteiger partial charge in [-0.2, -0.15) is 0 Å². The number of hydrogen-bond acceptors (Lipinski definition) is 0. The molecule has 0 heterocycles. The third-order valence-corrected chi connectivity index (χ3v) is 5.56. The normalized spacial score (nSPS) is 11.3. The molecule has 0 amide bonds. The van der Waals surface area contributed by atoms with E-state index in [-0.39, 0.29) is 21.1 Å². The second-order valence-electron chi connectivity index (χ2n) is 3.91. The predicted octanol–water partition coefficient (Wildman–Crippen LogP) is 4.78. The van der Waals surface area contributed by atoms with E-state index in [0.717, 1.165) is 0 Å². The molecule has 82 valence electrons. The SMILES string of the molecule is CCCCCCCC=[CH][Sn][CH2]CCC. The van der Waals surface area contributed by atoms with Gasteiger partial charge in [-0.15, -0.1) is 0 Å². The molecule has 0 aromatic heterocycles. The van der Waals surface area contributed by atoms with E-state index in [1.165, 1.54) is 51.4 Å². The Morgan fingerprint density at radius 2 is 1.57 bits per heavy atom. The summed E-state index contributed by atoms with van der Waals surface area (Å²) in [7, 11) is 0. The summed E-state index contributed by atoms with van der Waals surface area (Å²) in [5.74, 6) is 0. The average molecular weight is 301 g/mol. The number of hydrogen-bond donors (Lipinski definition) is 0. The van der Waals surface area contributed by atoms with Crippen LogP contribution in [0.3, 0.4) is 0 Å². The van der Waals surface area contributed by atoms with E-state index in [9.17, 15) is 0 Å². The molecule has 0 nitrogen and oxygen atoms in total. The van der Waals surface area contributed by atoms with Gasteiger partial charge >= 0.3 is 101 Å². The number of unbranched alkanes of at least 4 members (excludes halogenated alkanes) is 6. The Bertz CT molecular complexity index is 118. The van der Waals surface area contributed by atoms with Crippen molar-refractivity contribution in [2.24, 2.45) is 0 Å². The van der Waals surface area contributed by atoms with Crippen LogP contribution in [0.25, 0.3) is 0 Å². The monoisotopic (exact) mass is 302 g/mol. The summed E-state index contributed by atoms with van der Waals surface area (Å²) in [4.78, 5) is 0. The predicted molar refractivity (Wildman–Crippen MR) is 68.0 cm³/mol. The molecule has 0 rings (SSSR count). The molecule has 0 aliphatic heterocycles. The minimum absolute atomic E-state index is 0.0747. The van der Waals surface area contributed by atoms with E-state index < -0.39 is 0 Å². The summed E-state index contributed by atoms with van der Waals surface area (Å²) in [5.41, 5.74) is 0. The Balaban J connectivity index is 2.96. The van der Waals surface area contributed by atoms with Crippen LogP contribution in [0, 0.1) is 0 Å². The first-order valence-electron chi connectivity index (χ1n) is 6.30. The Hall–Kier alpha value is 0.539. The Kier molecular flexibility index (Phi) is 14.1. The Morgan fingerprint density at radius 1 is 0.857 bits per heavy atom. The molecule has 0 N–H and O–H groups in total. The van der Waals surface area contributed by atoms with Gasteiger partial charge in [0.1, 0.15) is 0 Å². The van der Waals surface area contributed by atoms with Gasteiger partial charge in [0.15, 0.2) is 0 Å². The van der Waals surface area contributed by atoms with Crippen molar-refractivity contribution in [3.63, 3.8) is 0 Å². The van der Waals surface area contributed by atoms with Crippen LogP contribution in [-0.4, -0.2) is 21.1 Å². The van der Waals surface area contributed by atoms with Crippen molar-refractivity contribution in [1.29, 1.82) is 0 Å². The van der Waals surface area contributed by atoms with Gasteiger partial charge in [-0.3, -0.25) is 0 Å². The number of allylic oxidation sites excluding steroid dienone is 1. The summed E-state index contributed by atoms with van der Waals surface area (Å²) < 4.78 is 4.09. The van der Waals surface area contributed by atoms with Crippen LogP contribution in [0.1, 0.15) is 65.2 Å². The summed E-state index contributed by atoms with van der Waals surface area (Å²) in [5, 5.41) is 0. The molecular formula is C13H26Sn. The molecule has 0 saturated carbocycles. The molecule has 0 aromatic rings. The van der Waals surface area contributed by atoms with E-state index in [1.54, 1.807) is 4.44 Å². The molecule has 0 atom stereocenters. The van der Waals surface area contributed by atoms with E-state index in [2.05, 4.69) is 24.0 Å². The van der Waals surface area contributed by atoms with Gasteiger partial charge in [-0.25, -0.2) is 0 Å². The third kappa shape index (κ3) is 12.5.